The van der Waals surface area contributed by atoms with Crippen LogP contribution in [0.5, 0.6) is 0 Å². The molecule has 0 bridgehead atoms. The summed E-state index contributed by atoms with van der Waals surface area (Å²) in [5, 5.41) is 0.589. The fraction of sp³-hybridized carbons (Fsp3) is 0.167. The number of imidazole rings is 1. The van der Waals surface area contributed by atoms with E-state index in [1.807, 2.05) is 17.6 Å². The van der Waals surface area contributed by atoms with Crippen LogP contribution in [-0.4, -0.2) is 15.3 Å². The Morgan fingerprint density at radius 3 is 2.94 bits per heavy atom. The lowest BCUT2D eigenvalue weighted by atomic mass is 10.1. The molecule has 5 heteroatoms. The standard InChI is InChI=1S/C12H10ClIN2O/c1-2-16-6-5-15-12(16)11(17)8-3-4-10(14)9(13)7-8/h3-7H,2H2,1H3. The van der Waals surface area contributed by atoms with Gasteiger partial charge in [0.2, 0.25) is 5.78 Å². The molecule has 0 saturated carbocycles. The normalized spacial score (nSPS) is 10.5. The molecule has 3 nitrogen and oxygen atoms in total. The first-order valence-electron chi connectivity index (χ1n) is 5.14. The highest BCUT2D eigenvalue weighted by atomic mass is 127. The molecule has 0 fully saturated rings. The third-order valence-electron chi connectivity index (χ3n) is 2.44. The molecule has 1 heterocycles. The number of hydrogen-bond acceptors (Lipinski definition) is 2. The van der Waals surface area contributed by atoms with Gasteiger partial charge in [-0.15, -0.1) is 0 Å². The van der Waals surface area contributed by atoms with Crippen LogP contribution in [0.2, 0.25) is 5.02 Å². The predicted molar refractivity (Wildman–Crippen MR) is 75.5 cm³/mol. The van der Waals surface area contributed by atoms with Crippen molar-refractivity contribution >= 4 is 40.0 Å². The van der Waals surface area contributed by atoms with Crippen LogP contribution in [0.1, 0.15) is 23.1 Å². The second-order valence-corrected chi connectivity index (χ2v) is 5.06. The molecule has 0 radical (unpaired) electrons. The van der Waals surface area contributed by atoms with Gasteiger partial charge in [0.25, 0.3) is 0 Å². The number of carbonyl (C=O) groups excluding carboxylic acids is 1. The zero-order valence-corrected chi connectivity index (χ0v) is 12.1. The maximum Gasteiger partial charge on any atom is 0.228 e. The third-order valence-corrected chi connectivity index (χ3v) is 4.01. The Hall–Kier alpha value is -0.880. The third kappa shape index (κ3) is 2.52. The highest BCUT2D eigenvalue weighted by Gasteiger charge is 2.15. The molecule has 0 amide bonds. The quantitative estimate of drug-likeness (QED) is 0.621. The zero-order valence-electron chi connectivity index (χ0n) is 9.15. The number of carbonyl (C=O) groups is 1. The number of hydrogen-bond donors (Lipinski definition) is 0. The number of aryl methyl sites for hydroxylation is 1. The summed E-state index contributed by atoms with van der Waals surface area (Å²) in [6.07, 6.45) is 3.42. The van der Waals surface area contributed by atoms with E-state index < -0.39 is 0 Å². The van der Waals surface area contributed by atoms with Crippen molar-refractivity contribution in [2.24, 2.45) is 0 Å². The highest BCUT2D eigenvalue weighted by molar-refractivity contribution is 14.1. The SMILES string of the molecule is CCn1ccnc1C(=O)c1ccc(I)c(Cl)c1. The van der Waals surface area contributed by atoms with Gasteiger partial charge in [-0.25, -0.2) is 4.98 Å². The number of benzene rings is 1. The molecule has 2 aromatic rings. The van der Waals surface area contributed by atoms with E-state index in [1.54, 1.807) is 24.5 Å². The van der Waals surface area contributed by atoms with Gasteiger partial charge >= 0.3 is 0 Å². The summed E-state index contributed by atoms with van der Waals surface area (Å²) < 4.78 is 2.74. The summed E-state index contributed by atoms with van der Waals surface area (Å²) in [5.41, 5.74) is 0.566. The minimum absolute atomic E-state index is 0.102. The van der Waals surface area contributed by atoms with Gasteiger partial charge in [-0.1, -0.05) is 11.6 Å². The van der Waals surface area contributed by atoms with Gasteiger partial charge in [0.15, 0.2) is 5.82 Å². The van der Waals surface area contributed by atoms with E-state index in [1.165, 1.54) is 0 Å². The maximum atomic E-state index is 12.2. The van der Waals surface area contributed by atoms with Crippen LogP contribution in [0.25, 0.3) is 0 Å². The smallest absolute Gasteiger partial charge is 0.228 e. The molecule has 88 valence electrons. The molecular weight excluding hydrogens is 351 g/mol. The van der Waals surface area contributed by atoms with E-state index in [-0.39, 0.29) is 5.78 Å². The second kappa shape index (κ2) is 5.18. The molecule has 0 aliphatic carbocycles. The molecule has 0 spiro atoms. The van der Waals surface area contributed by atoms with E-state index in [4.69, 9.17) is 11.6 Å². The van der Waals surface area contributed by atoms with Gasteiger partial charge < -0.3 is 4.57 Å². The predicted octanol–water partition coefficient (Wildman–Crippen LogP) is 3.39. The summed E-state index contributed by atoms with van der Waals surface area (Å²) in [4.78, 5) is 16.3. The van der Waals surface area contributed by atoms with E-state index in [0.717, 1.165) is 10.1 Å². The minimum atomic E-state index is -0.102. The van der Waals surface area contributed by atoms with Gasteiger partial charge in [0.05, 0.1) is 5.02 Å². The summed E-state index contributed by atoms with van der Waals surface area (Å²) in [6, 6.07) is 5.28. The van der Waals surface area contributed by atoms with Crippen molar-refractivity contribution in [3.05, 3.63) is 50.6 Å². The molecule has 17 heavy (non-hydrogen) atoms. The molecule has 1 aromatic carbocycles. The number of nitrogens with zero attached hydrogens (tertiary/aromatic N) is 2. The van der Waals surface area contributed by atoms with Crippen LogP contribution in [0.3, 0.4) is 0 Å². The monoisotopic (exact) mass is 360 g/mol. The van der Waals surface area contributed by atoms with Crippen molar-refractivity contribution in [1.29, 1.82) is 0 Å². The summed E-state index contributed by atoms with van der Waals surface area (Å²) in [5.74, 6) is 0.347. The molecule has 0 N–H and O–H groups in total. The molecule has 0 saturated heterocycles. The van der Waals surface area contributed by atoms with Gasteiger partial charge in [0.1, 0.15) is 0 Å². The minimum Gasteiger partial charge on any atom is -0.328 e. The highest BCUT2D eigenvalue weighted by Crippen LogP contribution is 2.21. The van der Waals surface area contributed by atoms with Crippen molar-refractivity contribution in [3.63, 3.8) is 0 Å². The molecule has 2 rings (SSSR count). The van der Waals surface area contributed by atoms with E-state index in [0.29, 0.717) is 16.4 Å². The molecule has 0 aliphatic rings. The van der Waals surface area contributed by atoms with Crippen molar-refractivity contribution in [2.45, 2.75) is 13.5 Å². The first-order valence-corrected chi connectivity index (χ1v) is 6.60. The lowest BCUT2D eigenvalue weighted by Gasteiger charge is -2.04. The average molecular weight is 361 g/mol. The van der Waals surface area contributed by atoms with Gasteiger partial charge in [-0.05, 0) is 47.7 Å². The number of rotatable bonds is 3. The fourth-order valence-corrected chi connectivity index (χ4v) is 2.06. The zero-order chi connectivity index (χ0) is 12.4. The van der Waals surface area contributed by atoms with Crippen LogP contribution in [0.4, 0.5) is 0 Å². The van der Waals surface area contributed by atoms with E-state index in [2.05, 4.69) is 27.6 Å². The second-order valence-electron chi connectivity index (χ2n) is 3.49. The Labute approximate surface area is 118 Å². The fourth-order valence-electron chi connectivity index (χ4n) is 1.54. The molecule has 0 aliphatic heterocycles. The van der Waals surface area contributed by atoms with Crippen molar-refractivity contribution in [2.75, 3.05) is 0 Å². The van der Waals surface area contributed by atoms with Crippen LogP contribution >= 0.6 is 34.2 Å². The summed E-state index contributed by atoms with van der Waals surface area (Å²) in [6.45, 7) is 2.69. The van der Waals surface area contributed by atoms with Crippen molar-refractivity contribution in [3.8, 4) is 0 Å². The first-order chi connectivity index (χ1) is 8.13. The van der Waals surface area contributed by atoms with E-state index >= 15 is 0 Å². The lowest BCUT2D eigenvalue weighted by Crippen LogP contribution is -2.10. The first kappa shape index (κ1) is 12.6. The molecular formula is C12H10ClIN2O. The topological polar surface area (TPSA) is 34.9 Å². The lowest BCUT2D eigenvalue weighted by molar-refractivity contribution is 0.102. The van der Waals surface area contributed by atoms with Gasteiger partial charge in [-0.2, -0.15) is 0 Å². The van der Waals surface area contributed by atoms with Crippen molar-refractivity contribution < 1.29 is 4.79 Å². The van der Waals surface area contributed by atoms with Gasteiger partial charge in [-0.3, -0.25) is 4.79 Å². The molecule has 0 unspecified atom stereocenters. The Bertz CT molecular complexity index is 565. The Morgan fingerprint density at radius 2 is 2.29 bits per heavy atom. The Kier molecular flexibility index (Phi) is 3.83. The molecule has 0 atom stereocenters. The van der Waals surface area contributed by atoms with Gasteiger partial charge in [0, 0.05) is 28.1 Å². The Morgan fingerprint density at radius 1 is 1.53 bits per heavy atom. The largest absolute Gasteiger partial charge is 0.328 e. The van der Waals surface area contributed by atoms with Crippen molar-refractivity contribution in [1.82, 2.24) is 9.55 Å². The summed E-state index contributed by atoms with van der Waals surface area (Å²) in [7, 11) is 0. The number of ketones is 1. The van der Waals surface area contributed by atoms with Crippen LogP contribution in [0, 0.1) is 3.57 Å². The van der Waals surface area contributed by atoms with Crippen LogP contribution in [0.15, 0.2) is 30.6 Å². The van der Waals surface area contributed by atoms with E-state index in [9.17, 15) is 4.79 Å². The maximum absolute atomic E-state index is 12.2. The Balaban J connectivity index is 2.40. The van der Waals surface area contributed by atoms with Crippen LogP contribution in [-0.2, 0) is 6.54 Å². The number of aromatic nitrogens is 2. The van der Waals surface area contributed by atoms with Crippen LogP contribution < -0.4 is 0 Å². The molecule has 1 aromatic heterocycles. The average Bonchev–Trinajstić information content (AvgIpc) is 2.80. The number of halogens is 2. The summed E-state index contributed by atoms with van der Waals surface area (Å²) >= 11 is 8.13.